The molecule has 0 N–H and O–H groups in total. The van der Waals surface area contributed by atoms with Crippen LogP contribution in [0.2, 0.25) is 0 Å². The Morgan fingerprint density at radius 3 is 2.70 bits per heavy atom. The van der Waals surface area contributed by atoms with Gasteiger partial charge in [0.05, 0.1) is 17.3 Å². The molecule has 0 bridgehead atoms. The maximum absolute atomic E-state index is 12.3. The summed E-state index contributed by atoms with van der Waals surface area (Å²) in [4.78, 5) is 14.6. The second kappa shape index (κ2) is 6.26. The van der Waals surface area contributed by atoms with Gasteiger partial charge < -0.3 is 4.90 Å². The molecule has 1 heterocycles. The fraction of sp³-hybridized carbons (Fsp3) is 0.286. The van der Waals surface area contributed by atoms with Crippen molar-refractivity contribution >= 4 is 17.4 Å². The Bertz CT molecular complexity index is 642. The number of aromatic nitrogens is 2. The lowest BCUT2D eigenvalue weighted by Crippen LogP contribution is -2.26. The minimum absolute atomic E-state index is 0.0683. The van der Waals surface area contributed by atoms with E-state index >= 15 is 0 Å². The van der Waals surface area contributed by atoms with E-state index in [1.54, 1.807) is 24.1 Å². The zero-order valence-corrected chi connectivity index (χ0v) is 12.1. The van der Waals surface area contributed by atoms with Crippen LogP contribution in [0.4, 0.5) is 0 Å². The number of rotatable bonds is 4. The molecular formula is C14H14N4OS. The first-order valence-electron chi connectivity index (χ1n) is 6.21. The van der Waals surface area contributed by atoms with E-state index in [0.29, 0.717) is 23.4 Å². The van der Waals surface area contributed by atoms with Crippen LogP contribution in [-0.2, 0) is 13.0 Å². The normalized spacial score (nSPS) is 10.1. The average Bonchev–Trinajstić information content (AvgIpc) is 2.95. The van der Waals surface area contributed by atoms with Gasteiger partial charge in [-0.25, -0.2) is 0 Å². The SMILES string of the molecule is CCc1nnsc1C(=O)N(C)Cc1ccc(C#N)cc1. The number of carbonyl (C=O) groups is 1. The Balaban J connectivity index is 2.09. The van der Waals surface area contributed by atoms with Crippen LogP contribution in [0.1, 0.15) is 33.4 Å². The summed E-state index contributed by atoms with van der Waals surface area (Å²) in [6.45, 7) is 2.44. The summed E-state index contributed by atoms with van der Waals surface area (Å²) in [5.74, 6) is -0.0683. The topological polar surface area (TPSA) is 69.9 Å². The lowest BCUT2D eigenvalue weighted by atomic mass is 10.1. The molecular weight excluding hydrogens is 272 g/mol. The van der Waals surface area contributed by atoms with Gasteiger partial charge in [-0.1, -0.05) is 23.5 Å². The molecule has 0 atom stereocenters. The Morgan fingerprint density at radius 2 is 2.10 bits per heavy atom. The van der Waals surface area contributed by atoms with Crippen LogP contribution >= 0.6 is 11.5 Å². The third-order valence-corrected chi connectivity index (χ3v) is 3.69. The molecule has 1 aromatic heterocycles. The Labute approximate surface area is 121 Å². The first kappa shape index (κ1) is 14.2. The fourth-order valence-electron chi connectivity index (χ4n) is 1.81. The predicted molar refractivity (Wildman–Crippen MR) is 76.2 cm³/mol. The van der Waals surface area contributed by atoms with Gasteiger partial charge in [-0.2, -0.15) is 5.26 Å². The van der Waals surface area contributed by atoms with Gasteiger partial charge in [0.2, 0.25) is 0 Å². The molecule has 0 spiro atoms. The number of hydrogen-bond donors (Lipinski definition) is 0. The smallest absolute Gasteiger partial charge is 0.267 e. The number of nitrogens with zero attached hydrogens (tertiary/aromatic N) is 4. The highest BCUT2D eigenvalue weighted by Crippen LogP contribution is 2.15. The van der Waals surface area contributed by atoms with Crippen LogP contribution in [0.15, 0.2) is 24.3 Å². The molecule has 102 valence electrons. The first-order chi connectivity index (χ1) is 9.65. The fourth-order valence-corrected chi connectivity index (χ4v) is 2.55. The van der Waals surface area contributed by atoms with Crippen LogP contribution in [0.25, 0.3) is 0 Å². The number of nitriles is 1. The van der Waals surface area contributed by atoms with Crippen molar-refractivity contribution in [2.45, 2.75) is 19.9 Å². The number of hydrogen-bond acceptors (Lipinski definition) is 5. The molecule has 0 aliphatic heterocycles. The van der Waals surface area contributed by atoms with E-state index in [4.69, 9.17) is 5.26 Å². The minimum Gasteiger partial charge on any atom is -0.337 e. The van der Waals surface area contributed by atoms with Gasteiger partial charge in [0.25, 0.3) is 5.91 Å². The van der Waals surface area contributed by atoms with E-state index in [1.165, 1.54) is 0 Å². The van der Waals surface area contributed by atoms with E-state index < -0.39 is 0 Å². The van der Waals surface area contributed by atoms with E-state index in [2.05, 4.69) is 15.7 Å². The van der Waals surface area contributed by atoms with Gasteiger partial charge >= 0.3 is 0 Å². The summed E-state index contributed by atoms with van der Waals surface area (Å²) in [5, 5.41) is 12.7. The van der Waals surface area contributed by atoms with Crippen LogP contribution in [-0.4, -0.2) is 27.4 Å². The molecule has 0 radical (unpaired) electrons. The molecule has 1 amide bonds. The maximum Gasteiger partial charge on any atom is 0.267 e. The molecule has 0 saturated heterocycles. The Kier molecular flexibility index (Phi) is 4.43. The van der Waals surface area contributed by atoms with Gasteiger partial charge in [-0.15, -0.1) is 5.10 Å². The van der Waals surface area contributed by atoms with Crippen molar-refractivity contribution in [3.63, 3.8) is 0 Å². The van der Waals surface area contributed by atoms with Crippen molar-refractivity contribution in [2.75, 3.05) is 7.05 Å². The lowest BCUT2D eigenvalue weighted by Gasteiger charge is -2.16. The summed E-state index contributed by atoms with van der Waals surface area (Å²) in [7, 11) is 1.75. The van der Waals surface area contributed by atoms with Crippen LogP contribution < -0.4 is 0 Å². The quantitative estimate of drug-likeness (QED) is 0.864. The van der Waals surface area contributed by atoms with E-state index in [-0.39, 0.29) is 5.91 Å². The largest absolute Gasteiger partial charge is 0.337 e. The van der Waals surface area contributed by atoms with E-state index in [9.17, 15) is 4.79 Å². The highest BCUT2D eigenvalue weighted by atomic mass is 32.1. The molecule has 0 aliphatic carbocycles. The standard InChI is InChI=1S/C14H14N4OS/c1-3-12-13(20-17-16-12)14(19)18(2)9-11-6-4-10(8-15)5-7-11/h4-7H,3,9H2,1-2H3. The molecule has 5 nitrogen and oxygen atoms in total. The summed E-state index contributed by atoms with van der Waals surface area (Å²) < 4.78 is 3.83. The second-order valence-electron chi connectivity index (χ2n) is 4.37. The molecule has 1 aromatic carbocycles. The van der Waals surface area contributed by atoms with Gasteiger partial charge in [0, 0.05) is 13.6 Å². The predicted octanol–water partition coefficient (Wildman–Crippen LogP) is 2.24. The summed E-state index contributed by atoms with van der Waals surface area (Å²) >= 11 is 1.13. The van der Waals surface area contributed by atoms with E-state index in [0.717, 1.165) is 22.8 Å². The third-order valence-electron chi connectivity index (χ3n) is 2.93. The summed E-state index contributed by atoms with van der Waals surface area (Å²) in [6.07, 6.45) is 0.697. The summed E-state index contributed by atoms with van der Waals surface area (Å²) in [6, 6.07) is 9.28. The molecule has 20 heavy (non-hydrogen) atoms. The first-order valence-corrected chi connectivity index (χ1v) is 6.98. The van der Waals surface area contributed by atoms with E-state index in [1.807, 2.05) is 19.1 Å². The number of aryl methyl sites for hydroxylation is 1. The highest BCUT2D eigenvalue weighted by Gasteiger charge is 2.18. The van der Waals surface area contributed by atoms with Crippen molar-refractivity contribution < 1.29 is 4.79 Å². The van der Waals surface area contributed by atoms with Crippen molar-refractivity contribution in [2.24, 2.45) is 0 Å². The molecule has 6 heteroatoms. The number of benzene rings is 1. The van der Waals surface area contributed by atoms with Crippen LogP contribution in [0.3, 0.4) is 0 Å². The van der Waals surface area contributed by atoms with Gasteiger partial charge in [-0.3, -0.25) is 4.79 Å². The Morgan fingerprint density at radius 1 is 1.40 bits per heavy atom. The van der Waals surface area contributed by atoms with Crippen molar-refractivity contribution in [3.05, 3.63) is 46.0 Å². The van der Waals surface area contributed by atoms with Crippen molar-refractivity contribution in [1.29, 1.82) is 5.26 Å². The molecule has 0 fully saturated rings. The Hall–Kier alpha value is -2.26. The minimum atomic E-state index is -0.0683. The highest BCUT2D eigenvalue weighted by molar-refractivity contribution is 7.07. The lowest BCUT2D eigenvalue weighted by molar-refractivity contribution is 0.0788. The van der Waals surface area contributed by atoms with Crippen molar-refractivity contribution in [1.82, 2.24) is 14.5 Å². The van der Waals surface area contributed by atoms with Gasteiger partial charge in [0.1, 0.15) is 4.88 Å². The molecule has 2 rings (SSSR count). The van der Waals surface area contributed by atoms with Gasteiger partial charge in [-0.05, 0) is 35.6 Å². The molecule has 2 aromatic rings. The zero-order chi connectivity index (χ0) is 14.5. The van der Waals surface area contributed by atoms with Crippen molar-refractivity contribution in [3.8, 4) is 6.07 Å². The maximum atomic E-state index is 12.3. The molecule has 0 unspecified atom stereocenters. The summed E-state index contributed by atoms with van der Waals surface area (Å²) in [5.41, 5.74) is 2.34. The second-order valence-corrected chi connectivity index (χ2v) is 5.13. The monoisotopic (exact) mass is 286 g/mol. The van der Waals surface area contributed by atoms with Crippen LogP contribution in [0, 0.1) is 11.3 Å². The van der Waals surface area contributed by atoms with Gasteiger partial charge in [0.15, 0.2) is 0 Å². The zero-order valence-electron chi connectivity index (χ0n) is 11.3. The molecule has 0 aliphatic rings. The molecule has 0 saturated carbocycles. The number of carbonyl (C=O) groups excluding carboxylic acids is 1. The average molecular weight is 286 g/mol. The van der Waals surface area contributed by atoms with Crippen LogP contribution in [0.5, 0.6) is 0 Å². The number of amides is 1. The third kappa shape index (κ3) is 3.00.